The molecule has 1 amide bonds. The molecule has 5 nitrogen and oxygen atoms in total. The lowest BCUT2D eigenvalue weighted by atomic mass is 10.1. The summed E-state index contributed by atoms with van der Waals surface area (Å²) in [5, 5.41) is 9.15. The van der Waals surface area contributed by atoms with E-state index in [-0.39, 0.29) is 12.5 Å². The number of rotatable bonds is 5. The molecule has 1 aromatic rings. The summed E-state index contributed by atoms with van der Waals surface area (Å²) >= 11 is 0. The minimum Gasteiger partial charge on any atom is -0.480 e. The first-order chi connectivity index (χ1) is 10.6. The first kappa shape index (κ1) is 16.2. The topological polar surface area (TPSA) is 66.8 Å². The third-order valence-corrected chi connectivity index (χ3v) is 3.72. The monoisotopic (exact) mass is 303 g/mol. The van der Waals surface area contributed by atoms with E-state index in [4.69, 9.17) is 9.84 Å². The Morgan fingerprint density at radius 3 is 2.77 bits per heavy atom. The molecule has 0 radical (unpaired) electrons. The van der Waals surface area contributed by atoms with Gasteiger partial charge in [0, 0.05) is 12.6 Å². The van der Waals surface area contributed by atoms with Crippen LogP contribution in [0.15, 0.2) is 42.0 Å². The quantitative estimate of drug-likeness (QED) is 0.843. The van der Waals surface area contributed by atoms with Gasteiger partial charge in [-0.1, -0.05) is 35.9 Å². The van der Waals surface area contributed by atoms with Crippen molar-refractivity contribution >= 4 is 11.9 Å². The molecule has 2 rings (SSSR count). The lowest BCUT2D eigenvalue weighted by Crippen LogP contribution is -2.52. The van der Waals surface area contributed by atoms with Crippen LogP contribution in [0, 0.1) is 0 Å². The fourth-order valence-electron chi connectivity index (χ4n) is 2.42. The van der Waals surface area contributed by atoms with Gasteiger partial charge in [-0.05, 0) is 25.3 Å². The Hall–Kier alpha value is -2.14. The summed E-state index contributed by atoms with van der Waals surface area (Å²) in [4.78, 5) is 24.8. The van der Waals surface area contributed by atoms with Crippen LogP contribution >= 0.6 is 0 Å². The number of nitrogens with zero attached hydrogens (tertiary/aromatic N) is 1. The van der Waals surface area contributed by atoms with Crippen molar-refractivity contribution in [2.24, 2.45) is 0 Å². The van der Waals surface area contributed by atoms with Crippen LogP contribution in [0.5, 0.6) is 0 Å². The van der Waals surface area contributed by atoms with E-state index >= 15 is 0 Å². The summed E-state index contributed by atoms with van der Waals surface area (Å²) in [6, 6.07) is 9.17. The van der Waals surface area contributed by atoms with E-state index in [2.05, 4.69) is 12.1 Å². The van der Waals surface area contributed by atoms with Crippen LogP contribution in [-0.4, -0.2) is 47.7 Å². The average molecular weight is 303 g/mol. The Morgan fingerprint density at radius 1 is 1.36 bits per heavy atom. The van der Waals surface area contributed by atoms with Crippen molar-refractivity contribution in [3.8, 4) is 0 Å². The second-order valence-electron chi connectivity index (χ2n) is 5.44. The highest BCUT2D eigenvalue weighted by Crippen LogP contribution is 2.12. The number of morpholine rings is 1. The van der Waals surface area contributed by atoms with Crippen molar-refractivity contribution in [1.82, 2.24) is 4.90 Å². The molecule has 0 aliphatic carbocycles. The maximum atomic E-state index is 12.3. The molecule has 1 atom stereocenters. The van der Waals surface area contributed by atoms with E-state index in [1.54, 1.807) is 6.08 Å². The molecule has 5 heteroatoms. The highest BCUT2D eigenvalue weighted by Gasteiger charge is 2.31. The molecular formula is C17H21NO4. The van der Waals surface area contributed by atoms with Crippen LogP contribution in [0.25, 0.3) is 0 Å². The van der Waals surface area contributed by atoms with Gasteiger partial charge in [0.05, 0.1) is 13.2 Å². The van der Waals surface area contributed by atoms with Crippen molar-refractivity contribution in [1.29, 1.82) is 0 Å². The zero-order valence-electron chi connectivity index (χ0n) is 12.7. The lowest BCUT2D eigenvalue weighted by molar-refractivity contribution is -0.156. The molecule has 1 heterocycles. The van der Waals surface area contributed by atoms with Gasteiger partial charge < -0.3 is 14.7 Å². The van der Waals surface area contributed by atoms with E-state index < -0.39 is 12.0 Å². The maximum Gasteiger partial charge on any atom is 0.328 e. The van der Waals surface area contributed by atoms with Gasteiger partial charge in [-0.3, -0.25) is 4.79 Å². The first-order valence-corrected chi connectivity index (χ1v) is 7.40. The molecule has 0 bridgehead atoms. The molecule has 118 valence electrons. The predicted octanol–water partition coefficient (Wildman–Crippen LogP) is 1.88. The minimum absolute atomic E-state index is 0.0535. The number of carbonyl (C=O) groups excluding carboxylic acids is 1. The van der Waals surface area contributed by atoms with Gasteiger partial charge in [0.25, 0.3) is 0 Å². The van der Waals surface area contributed by atoms with E-state index in [1.165, 1.54) is 10.5 Å². The van der Waals surface area contributed by atoms with Gasteiger partial charge in [0.2, 0.25) is 5.91 Å². The fraction of sp³-hybridized carbons (Fsp3) is 0.412. The lowest BCUT2D eigenvalue weighted by Gasteiger charge is -2.32. The molecule has 1 aliphatic heterocycles. The predicted molar refractivity (Wildman–Crippen MR) is 82.5 cm³/mol. The number of aryl methyl sites for hydroxylation is 1. The zero-order valence-corrected chi connectivity index (χ0v) is 12.7. The third-order valence-electron chi connectivity index (χ3n) is 3.72. The molecule has 1 N–H and O–H groups in total. The Bertz CT molecular complexity index is 553. The van der Waals surface area contributed by atoms with Crippen LogP contribution in [0.1, 0.15) is 18.9 Å². The number of carbonyl (C=O) groups is 2. The van der Waals surface area contributed by atoms with Crippen molar-refractivity contribution < 1.29 is 19.4 Å². The zero-order chi connectivity index (χ0) is 15.9. The van der Waals surface area contributed by atoms with Crippen molar-refractivity contribution in [2.45, 2.75) is 25.8 Å². The van der Waals surface area contributed by atoms with E-state index in [1.807, 2.05) is 25.1 Å². The summed E-state index contributed by atoms with van der Waals surface area (Å²) in [6.07, 6.45) is 3.18. The van der Waals surface area contributed by atoms with Gasteiger partial charge in [0.1, 0.15) is 0 Å². The first-order valence-electron chi connectivity index (χ1n) is 7.40. The molecule has 0 saturated carbocycles. The number of amides is 1. The SMILES string of the molecule is C/C(=C\C(=O)N1CCOCC1C(=O)O)CCc1ccccc1. The fourth-order valence-corrected chi connectivity index (χ4v) is 2.42. The molecular weight excluding hydrogens is 282 g/mol. The minimum atomic E-state index is -1.02. The number of benzene rings is 1. The van der Waals surface area contributed by atoms with Crippen LogP contribution in [0.2, 0.25) is 0 Å². The summed E-state index contributed by atoms with van der Waals surface area (Å²) in [5.74, 6) is -1.27. The molecule has 1 fully saturated rings. The van der Waals surface area contributed by atoms with Crippen molar-refractivity contribution in [2.75, 3.05) is 19.8 Å². The summed E-state index contributed by atoms with van der Waals surface area (Å²) in [7, 11) is 0. The van der Waals surface area contributed by atoms with Gasteiger partial charge in [-0.2, -0.15) is 0 Å². The molecule has 0 aromatic heterocycles. The third kappa shape index (κ3) is 4.43. The second-order valence-corrected chi connectivity index (χ2v) is 5.44. The normalized spacial score (nSPS) is 19.0. The average Bonchev–Trinajstić information content (AvgIpc) is 2.54. The van der Waals surface area contributed by atoms with Crippen LogP contribution in [-0.2, 0) is 20.7 Å². The number of allylic oxidation sites excluding steroid dienone is 1. The van der Waals surface area contributed by atoms with Crippen LogP contribution < -0.4 is 0 Å². The standard InChI is InChI=1S/C17H21NO4/c1-13(7-8-14-5-3-2-4-6-14)11-16(19)18-9-10-22-12-15(18)17(20)21/h2-6,11,15H,7-10,12H2,1H3,(H,20,21)/b13-11+. The number of ether oxygens (including phenoxy) is 1. The Kier molecular flexibility index (Phi) is 5.72. The molecule has 22 heavy (non-hydrogen) atoms. The number of carboxylic acids is 1. The molecule has 1 unspecified atom stereocenters. The van der Waals surface area contributed by atoms with E-state index in [9.17, 15) is 9.59 Å². The number of hydrogen-bond donors (Lipinski definition) is 1. The number of aliphatic carboxylic acids is 1. The number of hydrogen-bond acceptors (Lipinski definition) is 3. The molecule has 0 spiro atoms. The van der Waals surface area contributed by atoms with Crippen molar-refractivity contribution in [3.63, 3.8) is 0 Å². The maximum absolute atomic E-state index is 12.3. The molecule has 1 aromatic carbocycles. The summed E-state index contributed by atoms with van der Waals surface area (Å²) in [6.45, 7) is 2.65. The Balaban J connectivity index is 1.94. The van der Waals surface area contributed by atoms with Crippen LogP contribution in [0.4, 0.5) is 0 Å². The summed E-state index contributed by atoms with van der Waals surface area (Å²) < 4.78 is 5.14. The van der Waals surface area contributed by atoms with E-state index in [0.717, 1.165) is 18.4 Å². The van der Waals surface area contributed by atoms with Gasteiger partial charge in [-0.15, -0.1) is 0 Å². The largest absolute Gasteiger partial charge is 0.480 e. The van der Waals surface area contributed by atoms with Gasteiger partial charge in [-0.25, -0.2) is 4.79 Å². The van der Waals surface area contributed by atoms with Gasteiger partial charge >= 0.3 is 5.97 Å². The Labute approximate surface area is 130 Å². The molecule has 1 saturated heterocycles. The smallest absolute Gasteiger partial charge is 0.328 e. The molecule has 1 aliphatic rings. The van der Waals surface area contributed by atoms with Crippen LogP contribution in [0.3, 0.4) is 0 Å². The number of carboxylic acid groups (broad SMARTS) is 1. The summed E-state index contributed by atoms with van der Waals surface area (Å²) in [5.41, 5.74) is 2.17. The highest BCUT2D eigenvalue weighted by molar-refractivity contribution is 5.91. The van der Waals surface area contributed by atoms with Crippen molar-refractivity contribution in [3.05, 3.63) is 47.5 Å². The highest BCUT2D eigenvalue weighted by atomic mass is 16.5. The Morgan fingerprint density at radius 2 is 2.09 bits per heavy atom. The van der Waals surface area contributed by atoms with E-state index in [0.29, 0.717) is 13.2 Å². The second kappa shape index (κ2) is 7.75. The van der Waals surface area contributed by atoms with Gasteiger partial charge in [0.15, 0.2) is 6.04 Å².